The van der Waals surface area contributed by atoms with Gasteiger partial charge in [0, 0.05) is 6.92 Å². The van der Waals surface area contributed by atoms with Crippen LogP contribution in [0.2, 0.25) is 0 Å². The SMILES string of the molecule is Cc1ccc(O[C@H](C)c2nc(-c3ccco3)no2)c([N+](=O)[O-])n1. The highest BCUT2D eigenvalue weighted by atomic mass is 16.6. The molecule has 0 aliphatic rings. The van der Waals surface area contributed by atoms with Crippen LogP contribution >= 0.6 is 0 Å². The van der Waals surface area contributed by atoms with Crippen LogP contribution in [0.1, 0.15) is 24.6 Å². The average molecular weight is 316 g/mol. The Morgan fingerprint density at radius 1 is 1.30 bits per heavy atom. The fourth-order valence-corrected chi connectivity index (χ4v) is 1.90. The number of hydrogen-bond acceptors (Lipinski definition) is 8. The third-order valence-corrected chi connectivity index (χ3v) is 2.99. The molecule has 3 rings (SSSR count). The van der Waals surface area contributed by atoms with Crippen molar-refractivity contribution in [3.63, 3.8) is 0 Å². The topological polar surface area (TPSA) is 117 Å². The predicted octanol–water partition coefficient (Wildman–Crippen LogP) is 3.08. The van der Waals surface area contributed by atoms with Gasteiger partial charge in [-0.3, -0.25) is 0 Å². The standard InChI is InChI=1S/C14H12N4O5/c1-8-5-6-11(13(15-8)18(19)20)22-9(2)14-16-12(17-23-14)10-4-3-7-21-10/h3-7,9H,1-2H3/t9-/m1/s1. The molecule has 9 nitrogen and oxygen atoms in total. The third kappa shape index (κ3) is 3.03. The Kier molecular flexibility index (Phi) is 3.75. The zero-order valence-electron chi connectivity index (χ0n) is 12.3. The number of aromatic nitrogens is 3. The summed E-state index contributed by atoms with van der Waals surface area (Å²) in [7, 11) is 0. The van der Waals surface area contributed by atoms with Crippen LogP contribution in [0, 0.1) is 17.0 Å². The molecule has 118 valence electrons. The van der Waals surface area contributed by atoms with Crippen LogP contribution in [0.25, 0.3) is 11.6 Å². The Hall–Kier alpha value is -3.23. The van der Waals surface area contributed by atoms with E-state index < -0.39 is 11.0 Å². The first kappa shape index (κ1) is 14.7. The largest absolute Gasteiger partial charge is 0.473 e. The number of nitro groups is 1. The van der Waals surface area contributed by atoms with Crippen molar-refractivity contribution >= 4 is 5.82 Å². The molecule has 23 heavy (non-hydrogen) atoms. The molecule has 3 aromatic heterocycles. The van der Waals surface area contributed by atoms with Crippen LogP contribution in [0.3, 0.4) is 0 Å². The van der Waals surface area contributed by atoms with Gasteiger partial charge in [0.25, 0.3) is 5.89 Å². The van der Waals surface area contributed by atoms with Crippen LogP contribution in [-0.2, 0) is 0 Å². The van der Waals surface area contributed by atoms with Gasteiger partial charge < -0.3 is 23.8 Å². The minimum atomic E-state index is -0.686. The molecule has 3 aromatic rings. The summed E-state index contributed by atoms with van der Waals surface area (Å²) < 4.78 is 15.8. The Balaban J connectivity index is 1.82. The lowest BCUT2D eigenvalue weighted by Crippen LogP contribution is -2.06. The molecule has 0 amide bonds. The summed E-state index contributed by atoms with van der Waals surface area (Å²) in [6, 6.07) is 6.50. The summed E-state index contributed by atoms with van der Waals surface area (Å²) in [6.07, 6.45) is 0.807. The van der Waals surface area contributed by atoms with Crippen molar-refractivity contribution in [2.24, 2.45) is 0 Å². The first-order valence-electron chi connectivity index (χ1n) is 6.71. The monoisotopic (exact) mass is 316 g/mol. The lowest BCUT2D eigenvalue weighted by Gasteiger charge is -2.10. The van der Waals surface area contributed by atoms with Gasteiger partial charge in [-0.25, -0.2) is 0 Å². The van der Waals surface area contributed by atoms with E-state index >= 15 is 0 Å². The number of hydrogen-bond donors (Lipinski definition) is 0. The normalized spacial score (nSPS) is 12.1. The van der Waals surface area contributed by atoms with Crippen molar-refractivity contribution in [3.05, 3.63) is 52.2 Å². The van der Waals surface area contributed by atoms with E-state index in [1.54, 1.807) is 32.0 Å². The van der Waals surface area contributed by atoms with E-state index in [-0.39, 0.29) is 23.3 Å². The van der Waals surface area contributed by atoms with E-state index in [2.05, 4.69) is 15.1 Å². The summed E-state index contributed by atoms with van der Waals surface area (Å²) in [5.74, 6) is 0.576. The van der Waals surface area contributed by atoms with Crippen molar-refractivity contribution in [1.29, 1.82) is 0 Å². The van der Waals surface area contributed by atoms with E-state index in [9.17, 15) is 10.1 Å². The molecule has 0 N–H and O–H groups in total. The Morgan fingerprint density at radius 3 is 2.83 bits per heavy atom. The second-order valence-corrected chi connectivity index (χ2v) is 4.73. The van der Waals surface area contributed by atoms with E-state index in [0.29, 0.717) is 11.5 Å². The number of furan rings is 1. The first-order valence-corrected chi connectivity index (χ1v) is 6.71. The Labute approximate surface area is 130 Å². The van der Waals surface area contributed by atoms with Crippen molar-refractivity contribution in [2.75, 3.05) is 0 Å². The maximum absolute atomic E-state index is 11.1. The van der Waals surface area contributed by atoms with Gasteiger partial charge in [-0.1, -0.05) is 5.16 Å². The van der Waals surface area contributed by atoms with Gasteiger partial charge in [0.2, 0.25) is 11.6 Å². The van der Waals surface area contributed by atoms with E-state index in [0.717, 1.165) is 0 Å². The molecule has 0 unspecified atom stereocenters. The summed E-state index contributed by atoms with van der Waals surface area (Å²) >= 11 is 0. The molecular formula is C14H12N4O5. The maximum Gasteiger partial charge on any atom is 0.406 e. The zero-order chi connectivity index (χ0) is 16.4. The number of aryl methyl sites for hydroxylation is 1. The number of rotatable bonds is 5. The molecule has 0 bridgehead atoms. The minimum Gasteiger partial charge on any atom is -0.473 e. The Bertz CT molecular complexity index is 828. The first-order chi connectivity index (χ1) is 11.0. The molecule has 0 saturated heterocycles. The molecule has 0 aliphatic heterocycles. The summed E-state index contributed by atoms with van der Waals surface area (Å²) in [5.41, 5.74) is 0.523. The second kappa shape index (κ2) is 5.87. The van der Waals surface area contributed by atoms with Crippen LogP contribution in [0.4, 0.5) is 5.82 Å². The van der Waals surface area contributed by atoms with E-state index in [1.165, 1.54) is 12.3 Å². The van der Waals surface area contributed by atoms with Crippen molar-refractivity contribution in [2.45, 2.75) is 20.0 Å². The van der Waals surface area contributed by atoms with Gasteiger partial charge in [0.05, 0.1) is 6.26 Å². The van der Waals surface area contributed by atoms with Crippen LogP contribution in [0.15, 0.2) is 39.5 Å². The fourth-order valence-electron chi connectivity index (χ4n) is 1.90. The molecule has 0 saturated carbocycles. The molecule has 0 aliphatic carbocycles. The second-order valence-electron chi connectivity index (χ2n) is 4.73. The molecule has 0 aromatic carbocycles. The highest BCUT2D eigenvalue weighted by molar-refractivity contribution is 5.45. The molecule has 0 radical (unpaired) electrons. The predicted molar refractivity (Wildman–Crippen MR) is 76.7 cm³/mol. The number of pyridine rings is 1. The molecule has 1 atom stereocenters. The van der Waals surface area contributed by atoms with E-state index in [4.69, 9.17) is 13.7 Å². The van der Waals surface area contributed by atoms with Crippen LogP contribution in [0.5, 0.6) is 5.75 Å². The Morgan fingerprint density at radius 2 is 2.13 bits per heavy atom. The van der Waals surface area contributed by atoms with Crippen molar-refractivity contribution in [1.82, 2.24) is 15.1 Å². The molecule has 9 heteroatoms. The number of ether oxygens (including phenoxy) is 1. The molecule has 0 spiro atoms. The lowest BCUT2D eigenvalue weighted by atomic mass is 10.3. The van der Waals surface area contributed by atoms with Crippen molar-refractivity contribution < 1.29 is 18.6 Å². The zero-order valence-corrected chi connectivity index (χ0v) is 12.3. The molecular weight excluding hydrogens is 304 g/mol. The molecule has 3 heterocycles. The van der Waals surface area contributed by atoms with Crippen molar-refractivity contribution in [3.8, 4) is 17.3 Å². The highest BCUT2D eigenvalue weighted by Crippen LogP contribution is 2.29. The highest BCUT2D eigenvalue weighted by Gasteiger charge is 2.23. The van der Waals surface area contributed by atoms with Crippen LogP contribution < -0.4 is 4.74 Å². The van der Waals surface area contributed by atoms with Gasteiger partial charge in [-0.15, -0.1) is 0 Å². The summed E-state index contributed by atoms with van der Waals surface area (Å²) in [5, 5.41) is 14.8. The van der Waals surface area contributed by atoms with Gasteiger partial charge in [0.15, 0.2) is 11.9 Å². The van der Waals surface area contributed by atoms with Gasteiger partial charge in [-0.05, 0) is 41.1 Å². The number of nitrogens with zero attached hydrogens (tertiary/aromatic N) is 4. The summed E-state index contributed by atoms with van der Waals surface area (Å²) in [6.45, 7) is 3.30. The fraction of sp³-hybridized carbons (Fsp3) is 0.214. The van der Waals surface area contributed by atoms with Gasteiger partial charge in [-0.2, -0.15) is 4.98 Å². The summed E-state index contributed by atoms with van der Waals surface area (Å²) in [4.78, 5) is 18.5. The minimum absolute atomic E-state index is 0.0332. The maximum atomic E-state index is 11.1. The van der Waals surface area contributed by atoms with Gasteiger partial charge in [0.1, 0.15) is 5.69 Å². The lowest BCUT2D eigenvalue weighted by molar-refractivity contribution is -0.390. The third-order valence-electron chi connectivity index (χ3n) is 2.99. The van der Waals surface area contributed by atoms with Gasteiger partial charge >= 0.3 is 5.82 Å². The smallest absolute Gasteiger partial charge is 0.406 e. The van der Waals surface area contributed by atoms with Crippen LogP contribution in [-0.4, -0.2) is 20.0 Å². The average Bonchev–Trinajstić information content (AvgIpc) is 3.19. The quantitative estimate of drug-likeness (QED) is 0.520. The van der Waals surface area contributed by atoms with E-state index in [1.807, 2.05) is 0 Å². The molecule has 0 fully saturated rings.